The first-order valence-electron chi connectivity index (χ1n) is 33.0. The highest BCUT2D eigenvalue weighted by molar-refractivity contribution is 6.11. The van der Waals surface area contributed by atoms with Gasteiger partial charge in [-0.15, -0.1) is 10.2 Å². The second-order valence-electron chi connectivity index (χ2n) is 24.5. The summed E-state index contributed by atoms with van der Waals surface area (Å²) in [6.45, 7) is 10.4. The summed E-state index contributed by atoms with van der Waals surface area (Å²) >= 11 is 0. The highest BCUT2D eigenvalue weighted by Crippen LogP contribution is 2.36. The molecule has 11 aromatic carbocycles. The fourth-order valence-electron chi connectivity index (χ4n) is 13.3. The zero-order valence-electron chi connectivity index (χ0n) is 55.2. The third kappa shape index (κ3) is 12.0. The molecule has 10 heteroatoms. The van der Waals surface area contributed by atoms with E-state index in [4.69, 9.17) is 0 Å². The molecule has 0 fully saturated rings. The Hall–Kier alpha value is -12.8. The molecule has 19 rings (SSSR count). The average molecular weight is 1270 g/mol. The monoisotopic (exact) mass is 1270 g/mol. The number of nitrogens with zero attached hydrogens (tertiary/aromatic N) is 10. The molecule has 0 N–H and O–H groups in total. The third-order valence-corrected chi connectivity index (χ3v) is 18.0. The second-order valence-corrected chi connectivity index (χ2v) is 24.5. The summed E-state index contributed by atoms with van der Waals surface area (Å²) in [5, 5.41) is 17.2. The molecule has 0 saturated carbocycles. The lowest BCUT2D eigenvalue weighted by atomic mass is 10.2. The van der Waals surface area contributed by atoms with Crippen molar-refractivity contribution in [2.45, 2.75) is 34.6 Å². The van der Waals surface area contributed by atoms with Crippen molar-refractivity contribution in [1.82, 2.24) is 48.0 Å². The van der Waals surface area contributed by atoms with Crippen LogP contribution < -0.4 is 0 Å². The number of rotatable bonds is 6. The Morgan fingerprint density at radius 3 is 1.04 bits per heavy atom. The standard InChI is InChI=1S/C19H15N.3C18H14N2.C15H13N3/c1-14-10-12-15(13-11-14)20-18-8-4-2-6-16(18)17-7-3-5-9-19(17)20;1-13-8-10-14(11-9-13)20-16-6-3-2-5-15(16)18-17(20)7-4-12-19-18;1-13-6-8-14(9-7-13)20-17-5-3-2-4-15(17)16-12-19-11-10-18(16)20;1-13-6-8-14(9-7-13)20-17-5-3-2-4-15(17)16-10-11-19-12-18(16)20;1-12-16-17-15(13-8-4-2-5-9-13)18(12)14-10-6-3-7-11-14/h2-13H,1H3;3*2-12H,1H3;2-11H,1H3. The summed E-state index contributed by atoms with van der Waals surface area (Å²) in [6.07, 6.45) is 9.45. The predicted molar refractivity (Wildman–Crippen MR) is 407 cm³/mol. The SMILES string of the molecule is Cc1ccc(-n2c3ccccc3c3ccccc32)cc1.Cc1ccc(-n2c3ccccc3c3ccncc32)cc1.Cc1ccc(-n2c3ccccc3c3cnccc32)cc1.Cc1ccc(-n2c3ccccc3c3ncccc32)cc1.Cc1nnc(-c2ccccc2)n1-c1ccccc1. The van der Waals surface area contributed by atoms with Crippen LogP contribution >= 0.6 is 0 Å². The van der Waals surface area contributed by atoms with Crippen molar-refractivity contribution in [2.24, 2.45) is 0 Å². The molecule has 19 aromatic rings. The van der Waals surface area contributed by atoms with Crippen molar-refractivity contribution < 1.29 is 0 Å². The molecule has 8 heterocycles. The van der Waals surface area contributed by atoms with E-state index in [2.05, 4.69) is 324 Å². The van der Waals surface area contributed by atoms with Crippen molar-refractivity contribution in [3.8, 4) is 39.8 Å². The minimum atomic E-state index is 0.874. The number of aryl methyl sites for hydroxylation is 5. The lowest BCUT2D eigenvalue weighted by Crippen LogP contribution is -1.99. The van der Waals surface area contributed by atoms with Crippen molar-refractivity contribution >= 4 is 87.4 Å². The molecule has 0 spiro atoms. The number of benzene rings is 11. The maximum atomic E-state index is 4.55. The van der Waals surface area contributed by atoms with Gasteiger partial charge in [0.15, 0.2) is 5.82 Å². The second kappa shape index (κ2) is 27.3. The summed E-state index contributed by atoms with van der Waals surface area (Å²) < 4.78 is 11.2. The van der Waals surface area contributed by atoms with Crippen LogP contribution in [0.15, 0.2) is 334 Å². The zero-order chi connectivity index (χ0) is 66.5. The van der Waals surface area contributed by atoms with E-state index >= 15 is 0 Å². The number of aromatic nitrogens is 10. The molecule has 0 radical (unpaired) electrons. The van der Waals surface area contributed by atoms with Crippen LogP contribution in [-0.4, -0.2) is 48.0 Å². The zero-order valence-corrected chi connectivity index (χ0v) is 55.2. The Bertz CT molecular complexity index is 5130. The van der Waals surface area contributed by atoms with Gasteiger partial charge in [0.2, 0.25) is 0 Å². The largest absolute Gasteiger partial charge is 0.309 e. The summed E-state index contributed by atoms with van der Waals surface area (Å²) in [5.74, 6) is 1.76. The Kier molecular flexibility index (Phi) is 17.1. The van der Waals surface area contributed by atoms with Gasteiger partial charge in [-0.3, -0.25) is 19.5 Å². The van der Waals surface area contributed by atoms with Gasteiger partial charge in [0.05, 0.1) is 55.8 Å². The molecule has 10 nitrogen and oxygen atoms in total. The van der Waals surface area contributed by atoms with Crippen molar-refractivity contribution in [3.05, 3.63) is 362 Å². The fourth-order valence-corrected chi connectivity index (χ4v) is 13.3. The summed E-state index contributed by atoms with van der Waals surface area (Å²) in [4.78, 5) is 13.1. The fraction of sp³-hybridized carbons (Fsp3) is 0.0568. The van der Waals surface area contributed by atoms with Crippen LogP contribution in [0, 0.1) is 34.6 Å². The topological polar surface area (TPSA) is 89.1 Å². The number of hydrogen-bond acceptors (Lipinski definition) is 5. The average Bonchev–Trinajstić information content (AvgIpc) is 1.63. The van der Waals surface area contributed by atoms with Gasteiger partial charge in [0.1, 0.15) is 5.82 Å². The van der Waals surface area contributed by atoms with Crippen molar-refractivity contribution in [2.75, 3.05) is 0 Å². The van der Waals surface area contributed by atoms with Crippen LogP contribution in [0.5, 0.6) is 0 Å². The molecule has 0 aliphatic rings. The molecule has 0 amide bonds. The van der Waals surface area contributed by atoms with Gasteiger partial charge < -0.3 is 18.3 Å². The first kappa shape index (κ1) is 61.4. The smallest absolute Gasteiger partial charge is 0.168 e. The molecule has 0 aliphatic carbocycles. The van der Waals surface area contributed by atoms with Crippen LogP contribution in [0.4, 0.5) is 0 Å². The minimum absolute atomic E-state index is 0.874. The highest BCUT2D eigenvalue weighted by Gasteiger charge is 2.17. The molecule has 8 aromatic heterocycles. The molecular formula is C88H70N10. The highest BCUT2D eigenvalue weighted by atomic mass is 15.3. The van der Waals surface area contributed by atoms with Gasteiger partial charge in [-0.05, 0) is 150 Å². The molecule has 0 unspecified atom stereocenters. The molecule has 472 valence electrons. The van der Waals surface area contributed by atoms with E-state index in [0.29, 0.717) is 0 Å². The van der Waals surface area contributed by atoms with Gasteiger partial charge in [0, 0.05) is 96.5 Å². The molecule has 98 heavy (non-hydrogen) atoms. The van der Waals surface area contributed by atoms with Crippen molar-refractivity contribution in [1.29, 1.82) is 0 Å². The number of hydrogen-bond donors (Lipinski definition) is 0. The maximum absolute atomic E-state index is 4.55. The van der Waals surface area contributed by atoms with E-state index in [1.54, 1.807) is 0 Å². The summed E-state index contributed by atoms with van der Waals surface area (Å²) in [5.41, 5.74) is 22.7. The Morgan fingerprint density at radius 1 is 0.224 bits per heavy atom. The maximum Gasteiger partial charge on any atom is 0.168 e. The van der Waals surface area contributed by atoms with Crippen molar-refractivity contribution in [3.63, 3.8) is 0 Å². The number of fused-ring (bicyclic) bond motifs is 12. The molecule has 0 atom stereocenters. The first-order valence-corrected chi connectivity index (χ1v) is 33.0. The number of pyridine rings is 3. The molecule has 0 saturated heterocycles. The van der Waals surface area contributed by atoms with E-state index in [9.17, 15) is 0 Å². The van der Waals surface area contributed by atoms with Gasteiger partial charge in [-0.1, -0.05) is 210 Å². The summed E-state index contributed by atoms with van der Waals surface area (Å²) in [7, 11) is 0. The van der Waals surface area contributed by atoms with Crippen LogP contribution in [-0.2, 0) is 0 Å². The molecule has 0 bridgehead atoms. The molecular weight excluding hydrogens is 1200 g/mol. The Morgan fingerprint density at radius 2 is 0.561 bits per heavy atom. The lowest BCUT2D eigenvalue weighted by molar-refractivity contribution is 0.972. The van der Waals surface area contributed by atoms with E-state index in [1.165, 1.54) is 116 Å². The van der Waals surface area contributed by atoms with Crippen LogP contribution in [0.2, 0.25) is 0 Å². The van der Waals surface area contributed by atoms with Gasteiger partial charge in [-0.2, -0.15) is 0 Å². The Labute approximate surface area is 568 Å². The third-order valence-electron chi connectivity index (χ3n) is 18.0. The number of para-hydroxylation sites is 6. The first-order chi connectivity index (χ1) is 48.2. The van der Waals surface area contributed by atoms with Crippen LogP contribution in [0.25, 0.3) is 127 Å². The van der Waals surface area contributed by atoms with Gasteiger partial charge in [0.25, 0.3) is 0 Å². The van der Waals surface area contributed by atoms with E-state index in [-0.39, 0.29) is 0 Å². The van der Waals surface area contributed by atoms with Gasteiger partial charge >= 0.3 is 0 Å². The minimum Gasteiger partial charge on any atom is -0.309 e. The lowest BCUT2D eigenvalue weighted by Gasteiger charge is -2.08. The van der Waals surface area contributed by atoms with E-state index < -0.39 is 0 Å². The predicted octanol–water partition coefficient (Wildman–Crippen LogP) is 21.8. The van der Waals surface area contributed by atoms with Gasteiger partial charge in [-0.25, -0.2) is 0 Å². The quantitative estimate of drug-likeness (QED) is 0.165. The normalized spacial score (nSPS) is 11.1. The van der Waals surface area contributed by atoms with E-state index in [0.717, 1.165) is 39.4 Å². The van der Waals surface area contributed by atoms with Crippen LogP contribution in [0.3, 0.4) is 0 Å². The van der Waals surface area contributed by atoms with Crippen LogP contribution in [0.1, 0.15) is 28.1 Å². The Balaban J connectivity index is 0.000000100. The molecule has 0 aliphatic heterocycles. The summed E-state index contributed by atoms with van der Waals surface area (Å²) in [6, 6.07) is 106. The van der Waals surface area contributed by atoms with E-state index in [1.807, 2.05) is 92.5 Å².